The summed E-state index contributed by atoms with van der Waals surface area (Å²) < 4.78 is 4.79. The quantitative estimate of drug-likeness (QED) is 0.563. The summed E-state index contributed by atoms with van der Waals surface area (Å²) in [5.74, 6) is -0.905. The molecule has 0 aliphatic heterocycles. The van der Waals surface area contributed by atoms with Crippen molar-refractivity contribution in [2.75, 3.05) is 20.3 Å². The molecule has 0 aromatic rings. The topological polar surface area (TPSA) is 91.2 Å². The van der Waals surface area contributed by atoms with Crippen LogP contribution in [0.2, 0.25) is 0 Å². The van der Waals surface area contributed by atoms with Gasteiger partial charge in [0.2, 0.25) is 5.91 Å². The maximum absolute atomic E-state index is 11.3. The normalized spacial score (nSPS) is 11.3. The summed E-state index contributed by atoms with van der Waals surface area (Å²) in [4.78, 5) is 21.9. The first kappa shape index (κ1) is 13.4. The Labute approximate surface area is 88.6 Å². The number of hydrogen-bond donors (Lipinski definition) is 2. The maximum atomic E-state index is 11.3. The number of rotatable bonds is 6. The highest BCUT2D eigenvalue weighted by molar-refractivity contribution is 5.89. The fourth-order valence-electron chi connectivity index (χ4n) is 0.890. The molecule has 0 saturated carbocycles. The van der Waals surface area contributed by atoms with E-state index in [0.29, 0.717) is 19.6 Å². The Hall–Kier alpha value is -1.61. The third-order valence-electron chi connectivity index (χ3n) is 1.56. The Kier molecular flexibility index (Phi) is 6.93. The second kappa shape index (κ2) is 7.76. The number of hydrogen-bond acceptors (Lipinski definition) is 4. The molecule has 1 unspecified atom stereocenters. The predicted molar refractivity (Wildman–Crippen MR) is 52.7 cm³/mol. The van der Waals surface area contributed by atoms with Gasteiger partial charge in [-0.25, -0.2) is 0 Å². The molecule has 0 heterocycles. The van der Waals surface area contributed by atoms with Gasteiger partial charge in [0.25, 0.3) is 5.91 Å². The van der Waals surface area contributed by atoms with Crippen LogP contribution in [-0.2, 0) is 14.3 Å². The molecular formula is C9H15N3O3. The lowest BCUT2D eigenvalue weighted by molar-refractivity contribution is -0.126. The Balaban J connectivity index is 3.85. The van der Waals surface area contributed by atoms with E-state index in [4.69, 9.17) is 10.00 Å². The van der Waals surface area contributed by atoms with Gasteiger partial charge in [0.15, 0.2) is 6.04 Å². The van der Waals surface area contributed by atoms with Crippen molar-refractivity contribution in [1.82, 2.24) is 10.6 Å². The highest BCUT2D eigenvalue weighted by atomic mass is 16.5. The van der Waals surface area contributed by atoms with Gasteiger partial charge in [-0.05, 0) is 6.42 Å². The number of methoxy groups -OCH3 is 1. The average Bonchev–Trinajstić information content (AvgIpc) is 2.20. The standard InChI is InChI=1S/C9H15N3O3/c1-7(13)12-8(6-10)9(14)11-4-3-5-15-2/h8H,3-5H2,1-2H3,(H,11,14)(H,12,13). The second-order valence-electron chi connectivity index (χ2n) is 2.90. The largest absolute Gasteiger partial charge is 0.385 e. The number of nitrogens with zero attached hydrogens (tertiary/aromatic N) is 1. The summed E-state index contributed by atoms with van der Waals surface area (Å²) >= 11 is 0. The van der Waals surface area contributed by atoms with Gasteiger partial charge in [-0.2, -0.15) is 5.26 Å². The summed E-state index contributed by atoms with van der Waals surface area (Å²) in [6, 6.07) is 0.578. The van der Waals surface area contributed by atoms with Crippen molar-refractivity contribution in [2.45, 2.75) is 19.4 Å². The van der Waals surface area contributed by atoms with Gasteiger partial charge >= 0.3 is 0 Å². The average molecular weight is 213 g/mol. The molecular weight excluding hydrogens is 198 g/mol. The minimum Gasteiger partial charge on any atom is -0.385 e. The Morgan fingerprint density at radius 1 is 1.53 bits per heavy atom. The van der Waals surface area contributed by atoms with Crippen LogP contribution < -0.4 is 10.6 Å². The number of nitriles is 1. The van der Waals surface area contributed by atoms with E-state index >= 15 is 0 Å². The van der Waals surface area contributed by atoms with Gasteiger partial charge in [-0.3, -0.25) is 9.59 Å². The molecule has 2 amide bonds. The number of nitrogens with one attached hydrogen (secondary N) is 2. The van der Waals surface area contributed by atoms with Crippen LogP contribution in [0.1, 0.15) is 13.3 Å². The van der Waals surface area contributed by atoms with Gasteiger partial charge in [0.1, 0.15) is 0 Å². The number of carbonyl (C=O) groups excluding carboxylic acids is 2. The summed E-state index contributed by atoms with van der Waals surface area (Å²) in [6.07, 6.45) is 0.667. The van der Waals surface area contributed by atoms with Gasteiger partial charge in [0.05, 0.1) is 6.07 Å². The number of carbonyl (C=O) groups is 2. The first-order valence-electron chi connectivity index (χ1n) is 4.55. The lowest BCUT2D eigenvalue weighted by Gasteiger charge is -2.10. The summed E-state index contributed by atoms with van der Waals surface area (Å²) in [5.41, 5.74) is 0. The van der Waals surface area contributed by atoms with Crippen molar-refractivity contribution in [3.63, 3.8) is 0 Å². The van der Waals surface area contributed by atoms with E-state index in [9.17, 15) is 9.59 Å². The van der Waals surface area contributed by atoms with Gasteiger partial charge in [-0.1, -0.05) is 0 Å². The van der Waals surface area contributed by atoms with Crippen LogP contribution in [0.4, 0.5) is 0 Å². The molecule has 6 nitrogen and oxygen atoms in total. The predicted octanol–water partition coefficient (Wildman–Crippen LogP) is -0.833. The van der Waals surface area contributed by atoms with Gasteiger partial charge in [0, 0.05) is 27.2 Å². The molecule has 0 radical (unpaired) electrons. The van der Waals surface area contributed by atoms with E-state index < -0.39 is 17.9 Å². The summed E-state index contributed by atoms with van der Waals surface area (Å²) in [7, 11) is 1.57. The fraction of sp³-hybridized carbons (Fsp3) is 0.667. The highest BCUT2D eigenvalue weighted by Gasteiger charge is 2.17. The second-order valence-corrected chi connectivity index (χ2v) is 2.90. The SMILES string of the molecule is COCCCNC(=O)C(C#N)NC(C)=O. The monoisotopic (exact) mass is 213 g/mol. The van der Waals surface area contributed by atoms with Crippen LogP contribution in [0, 0.1) is 11.3 Å². The van der Waals surface area contributed by atoms with Gasteiger partial charge < -0.3 is 15.4 Å². The van der Waals surface area contributed by atoms with E-state index in [-0.39, 0.29) is 0 Å². The molecule has 15 heavy (non-hydrogen) atoms. The zero-order valence-corrected chi connectivity index (χ0v) is 8.87. The first-order chi connectivity index (χ1) is 7.11. The third-order valence-corrected chi connectivity index (χ3v) is 1.56. The van der Waals surface area contributed by atoms with Crippen LogP contribution in [0.15, 0.2) is 0 Å². The molecule has 0 aliphatic carbocycles. The third kappa shape index (κ3) is 6.46. The van der Waals surface area contributed by atoms with Crippen molar-refractivity contribution in [2.24, 2.45) is 0 Å². The fourth-order valence-corrected chi connectivity index (χ4v) is 0.890. The minimum atomic E-state index is -1.12. The first-order valence-corrected chi connectivity index (χ1v) is 4.55. The van der Waals surface area contributed by atoms with E-state index in [1.807, 2.05) is 0 Å². The van der Waals surface area contributed by atoms with Crippen molar-refractivity contribution >= 4 is 11.8 Å². The summed E-state index contributed by atoms with van der Waals surface area (Å²) in [6.45, 7) is 2.21. The molecule has 6 heteroatoms. The van der Waals surface area contributed by atoms with Crippen molar-refractivity contribution in [3.05, 3.63) is 0 Å². The van der Waals surface area contributed by atoms with Crippen LogP contribution in [0.3, 0.4) is 0 Å². The highest BCUT2D eigenvalue weighted by Crippen LogP contribution is 1.84. The molecule has 84 valence electrons. The molecule has 0 aromatic carbocycles. The molecule has 0 fully saturated rings. The molecule has 2 N–H and O–H groups in total. The zero-order valence-electron chi connectivity index (χ0n) is 8.87. The van der Waals surface area contributed by atoms with Crippen molar-refractivity contribution in [1.29, 1.82) is 5.26 Å². The zero-order chi connectivity index (χ0) is 11.7. The summed E-state index contributed by atoms with van der Waals surface area (Å²) in [5, 5.41) is 13.3. The molecule has 1 atom stereocenters. The van der Waals surface area contributed by atoms with Crippen molar-refractivity contribution < 1.29 is 14.3 Å². The number of ether oxygens (including phenoxy) is 1. The Morgan fingerprint density at radius 2 is 2.20 bits per heavy atom. The van der Waals surface area contributed by atoms with Crippen LogP contribution in [0.25, 0.3) is 0 Å². The molecule has 0 bridgehead atoms. The van der Waals surface area contributed by atoms with E-state index in [1.165, 1.54) is 6.92 Å². The Bertz CT molecular complexity index is 260. The molecule has 0 aromatic heterocycles. The van der Waals surface area contributed by atoms with Crippen LogP contribution in [-0.4, -0.2) is 38.1 Å². The van der Waals surface area contributed by atoms with Crippen LogP contribution >= 0.6 is 0 Å². The number of amides is 2. The van der Waals surface area contributed by atoms with Gasteiger partial charge in [-0.15, -0.1) is 0 Å². The maximum Gasteiger partial charge on any atom is 0.257 e. The van der Waals surface area contributed by atoms with Crippen molar-refractivity contribution in [3.8, 4) is 6.07 Å². The smallest absolute Gasteiger partial charge is 0.257 e. The lowest BCUT2D eigenvalue weighted by Crippen LogP contribution is -2.45. The van der Waals surface area contributed by atoms with E-state index in [1.54, 1.807) is 13.2 Å². The minimum absolute atomic E-state index is 0.409. The van der Waals surface area contributed by atoms with Crippen LogP contribution in [0.5, 0.6) is 0 Å². The van der Waals surface area contributed by atoms with E-state index in [0.717, 1.165) is 0 Å². The lowest BCUT2D eigenvalue weighted by atomic mass is 10.3. The Morgan fingerprint density at radius 3 is 2.67 bits per heavy atom. The molecule has 0 rings (SSSR count). The molecule has 0 saturated heterocycles. The molecule has 0 spiro atoms. The molecule has 0 aliphatic rings. The van der Waals surface area contributed by atoms with E-state index in [2.05, 4.69) is 10.6 Å².